The van der Waals surface area contributed by atoms with Crippen molar-refractivity contribution in [1.29, 1.82) is 0 Å². The molecule has 1 heterocycles. The van der Waals surface area contributed by atoms with E-state index in [-0.39, 0.29) is 12.2 Å². The summed E-state index contributed by atoms with van der Waals surface area (Å²) in [4.78, 5) is 11.9. The number of nitrogens with zero attached hydrogens (tertiary/aromatic N) is 2. The third-order valence-corrected chi connectivity index (χ3v) is 4.66. The van der Waals surface area contributed by atoms with Gasteiger partial charge in [-0.1, -0.05) is 6.42 Å². The van der Waals surface area contributed by atoms with E-state index in [1.807, 2.05) is 6.92 Å². The fraction of sp³-hybridized carbons (Fsp3) is 0.692. The molecule has 0 saturated heterocycles. The van der Waals surface area contributed by atoms with Crippen LogP contribution in [0.15, 0.2) is 15.5 Å². The summed E-state index contributed by atoms with van der Waals surface area (Å²) in [5, 5.41) is 16.7. The first-order valence-corrected chi connectivity index (χ1v) is 7.57. The van der Waals surface area contributed by atoms with E-state index in [9.17, 15) is 9.90 Å². The molecule has 0 spiro atoms. The van der Waals surface area contributed by atoms with Gasteiger partial charge in [-0.05, 0) is 47.5 Å². The molecule has 2 atom stereocenters. The zero-order valence-electron chi connectivity index (χ0n) is 11.1. The molecule has 2 N–H and O–H groups in total. The van der Waals surface area contributed by atoms with Crippen LogP contribution in [0.25, 0.3) is 0 Å². The topological polar surface area (TPSA) is 67.2 Å². The van der Waals surface area contributed by atoms with Crippen molar-refractivity contribution in [2.24, 2.45) is 11.8 Å². The number of aryl methyl sites for hydroxylation is 1. The normalized spacial score (nSPS) is 22.7. The van der Waals surface area contributed by atoms with Crippen molar-refractivity contribution in [3.8, 4) is 0 Å². The number of aliphatic hydroxyl groups excluding tert-OH is 1. The van der Waals surface area contributed by atoms with E-state index < -0.39 is 0 Å². The van der Waals surface area contributed by atoms with Crippen molar-refractivity contribution in [1.82, 2.24) is 9.78 Å². The summed E-state index contributed by atoms with van der Waals surface area (Å²) >= 11 is 3.33. The number of rotatable bonds is 5. The van der Waals surface area contributed by atoms with E-state index in [0.717, 1.165) is 25.1 Å². The van der Waals surface area contributed by atoms with Gasteiger partial charge in [0.15, 0.2) is 0 Å². The van der Waals surface area contributed by atoms with Gasteiger partial charge in [0.2, 0.25) is 0 Å². The number of nitrogens with one attached hydrogen (secondary N) is 1. The molecular weight excluding hydrogens is 310 g/mol. The summed E-state index contributed by atoms with van der Waals surface area (Å²) in [6.45, 7) is 3.48. The first-order valence-electron chi connectivity index (χ1n) is 6.77. The molecule has 1 aromatic heterocycles. The van der Waals surface area contributed by atoms with Crippen molar-refractivity contribution < 1.29 is 5.11 Å². The Morgan fingerprint density at radius 1 is 1.53 bits per heavy atom. The van der Waals surface area contributed by atoms with Crippen molar-refractivity contribution >= 4 is 21.6 Å². The summed E-state index contributed by atoms with van der Waals surface area (Å²) in [5.41, 5.74) is 0.621. The zero-order chi connectivity index (χ0) is 13.8. The fourth-order valence-electron chi connectivity index (χ4n) is 2.68. The Morgan fingerprint density at radius 3 is 2.95 bits per heavy atom. The van der Waals surface area contributed by atoms with Crippen LogP contribution in [0, 0.1) is 11.8 Å². The Kier molecular flexibility index (Phi) is 4.99. The Labute approximate surface area is 121 Å². The average molecular weight is 330 g/mol. The van der Waals surface area contributed by atoms with E-state index >= 15 is 0 Å². The molecule has 1 saturated carbocycles. The van der Waals surface area contributed by atoms with Gasteiger partial charge in [0.25, 0.3) is 5.56 Å². The maximum atomic E-state index is 11.9. The van der Waals surface area contributed by atoms with Gasteiger partial charge in [0, 0.05) is 19.7 Å². The molecule has 6 heteroatoms. The molecular formula is C13H20BrN3O2. The first-order chi connectivity index (χ1) is 9.17. The number of aromatic nitrogens is 2. The highest BCUT2D eigenvalue weighted by atomic mass is 79.9. The molecule has 1 fully saturated rings. The van der Waals surface area contributed by atoms with Gasteiger partial charge in [-0.2, -0.15) is 5.10 Å². The minimum absolute atomic E-state index is 0.113. The molecule has 5 nitrogen and oxygen atoms in total. The Morgan fingerprint density at radius 2 is 2.26 bits per heavy atom. The predicted octanol–water partition coefficient (Wildman–Crippen LogP) is 1.85. The van der Waals surface area contributed by atoms with E-state index in [0.29, 0.717) is 22.9 Å². The maximum absolute atomic E-state index is 11.9. The van der Waals surface area contributed by atoms with E-state index in [1.54, 1.807) is 6.20 Å². The second-order valence-electron chi connectivity index (χ2n) is 5.01. The molecule has 0 aromatic carbocycles. The molecule has 1 aliphatic carbocycles. The predicted molar refractivity (Wildman–Crippen MR) is 78.3 cm³/mol. The van der Waals surface area contributed by atoms with Crippen LogP contribution in [0.4, 0.5) is 5.69 Å². The highest BCUT2D eigenvalue weighted by molar-refractivity contribution is 9.10. The summed E-state index contributed by atoms with van der Waals surface area (Å²) in [6.07, 6.45) is 5.08. The van der Waals surface area contributed by atoms with Crippen LogP contribution in [-0.4, -0.2) is 28.0 Å². The Hall–Kier alpha value is -0.880. The van der Waals surface area contributed by atoms with Gasteiger partial charge in [0.1, 0.15) is 4.47 Å². The number of anilines is 1. The van der Waals surface area contributed by atoms with Gasteiger partial charge in [-0.3, -0.25) is 4.79 Å². The summed E-state index contributed by atoms with van der Waals surface area (Å²) in [6, 6.07) is 0. The number of hydrogen-bond acceptors (Lipinski definition) is 4. The molecule has 0 amide bonds. The van der Waals surface area contributed by atoms with E-state index in [4.69, 9.17) is 0 Å². The van der Waals surface area contributed by atoms with Crippen LogP contribution < -0.4 is 10.9 Å². The third-order valence-electron chi connectivity index (χ3n) is 3.89. The first kappa shape index (κ1) is 14.5. The quantitative estimate of drug-likeness (QED) is 0.865. The molecule has 0 radical (unpaired) electrons. The van der Waals surface area contributed by atoms with Gasteiger partial charge in [-0.25, -0.2) is 4.68 Å². The molecule has 0 bridgehead atoms. The third kappa shape index (κ3) is 3.17. The van der Waals surface area contributed by atoms with Crippen LogP contribution in [0.1, 0.15) is 26.2 Å². The highest BCUT2D eigenvalue weighted by Gasteiger charge is 2.26. The summed E-state index contributed by atoms with van der Waals surface area (Å²) in [5.74, 6) is 0.862. The number of aliphatic hydroxyl groups is 1. The zero-order valence-corrected chi connectivity index (χ0v) is 12.7. The van der Waals surface area contributed by atoms with Gasteiger partial charge in [0.05, 0.1) is 11.9 Å². The Bertz CT molecular complexity index is 489. The monoisotopic (exact) mass is 329 g/mol. The molecule has 2 rings (SSSR count). The highest BCUT2D eigenvalue weighted by Crippen LogP contribution is 2.31. The smallest absolute Gasteiger partial charge is 0.283 e. The molecule has 0 aliphatic heterocycles. The molecule has 1 aliphatic rings. The van der Waals surface area contributed by atoms with E-state index in [1.165, 1.54) is 11.1 Å². The van der Waals surface area contributed by atoms with Crippen LogP contribution in [-0.2, 0) is 6.54 Å². The van der Waals surface area contributed by atoms with Crippen LogP contribution in [0.2, 0.25) is 0 Å². The molecule has 2 unspecified atom stereocenters. The van der Waals surface area contributed by atoms with Gasteiger partial charge >= 0.3 is 0 Å². The van der Waals surface area contributed by atoms with Crippen molar-refractivity contribution in [3.05, 3.63) is 21.0 Å². The van der Waals surface area contributed by atoms with Crippen molar-refractivity contribution in [3.63, 3.8) is 0 Å². The lowest BCUT2D eigenvalue weighted by molar-refractivity contribution is 0.199. The molecule has 19 heavy (non-hydrogen) atoms. The lowest BCUT2D eigenvalue weighted by atomic mass is 9.97. The minimum atomic E-state index is -0.113. The lowest BCUT2D eigenvalue weighted by Gasteiger charge is -2.19. The minimum Gasteiger partial charge on any atom is -0.396 e. The van der Waals surface area contributed by atoms with Crippen LogP contribution in [0.3, 0.4) is 0 Å². The Balaban J connectivity index is 2.04. The van der Waals surface area contributed by atoms with E-state index in [2.05, 4.69) is 26.3 Å². The van der Waals surface area contributed by atoms with Crippen molar-refractivity contribution in [2.75, 3.05) is 18.5 Å². The fourth-order valence-corrected chi connectivity index (χ4v) is 3.12. The average Bonchev–Trinajstić information content (AvgIpc) is 2.88. The van der Waals surface area contributed by atoms with Crippen molar-refractivity contribution in [2.45, 2.75) is 32.7 Å². The number of halogens is 1. The van der Waals surface area contributed by atoms with Gasteiger partial charge in [-0.15, -0.1) is 0 Å². The van der Waals surface area contributed by atoms with Crippen LogP contribution in [0.5, 0.6) is 0 Å². The summed E-state index contributed by atoms with van der Waals surface area (Å²) < 4.78 is 1.95. The second kappa shape index (κ2) is 6.52. The van der Waals surface area contributed by atoms with Crippen LogP contribution >= 0.6 is 15.9 Å². The number of hydrogen-bond donors (Lipinski definition) is 2. The molecule has 106 valence electrons. The maximum Gasteiger partial charge on any atom is 0.283 e. The largest absolute Gasteiger partial charge is 0.396 e. The standard InChI is InChI=1S/C13H20BrN3O2/c1-2-17-13(19)12(14)11(7-16-17)15-6-9-4-3-5-10(9)8-18/h7,9-10,15,18H,2-6,8H2,1H3. The van der Waals surface area contributed by atoms with Gasteiger partial charge < -0.3 is 10.4 Å². The SMILES string of the molecule is CCn1ncc(NCC2CCCC2CO)c(Br)c1=O. The molecule has 1 aromatic rings. The second-order valence-corrected chi connectivity index (χ2v) is 5.80. The summed E-state index contributed by atoms with van der Waals surface area (Å²) in [7, 11) is 0. The lowest BCUT2D eigenvalue weighted by Crippen LogP contribution is -2.25.